The highest BCUT2D eigenvalue weighted by molar-refractivity contribution is 5.94. The Morgan fingerprint density at radius 3 is 2.64 bits per heavy atom. The minimum absolute atomic E-state index is 0.221. The number of carbonyl (C=O) groups excluding carboxylic acids is 1. The fraction of sp³-hybridized carbons (Fsp3) is 0.125. The molecule has 0 spiro atoms. The van der Waals surface area contributed by atoms with Gasteiger partial charge >= 0.3 is 12.1 Å². The third-order valence-corrected chi connectivity index (χ3v) is 3.50. The van der Waals surface area contributed by atoms with Gasteiger partial charge in [-0.05, 0) is 31.2 Å². The maximum absolute atomic E-state index is 13.6. The van der Waals surface area contributed by atoms with Gasteiger partial charge in [0.15, 0.2) is 5.82 Å². The standard InChI is InChI=1S/C16H12F4N4O/c1-9-11(17)3-2-4-12(9)21-10-5-6-14-22-13(8-24(14)7-10)23-15(25)16(18,19)20/h2-8,21H,1H3,(H,23,25). The summed E-state index contributed by atoms with van der Waals surface area (Å²) >= 11 is 0. The number of fused-ring (bicyclic) bond motifs is 1. The van der Waals surface area contributed by atoms with Gasteiger partial charge in [0.2, 0.25) is 0 Å². The van der Waals surface area contributed by atoms with E-state index < -0.39 is 12.1 Å². The van der Waals surface area contributed by atoms with Crippen LogP contribution in [0, 0.1) is 12.7 Å². The van der Waals surface area contributed by atoms with E-state index in [-0.39, 0.29) is 11.6 Å². The number of amides is 1. The number of alkyl halides is 3. The van der Waals surface area contributed by atoms with Crippen LogP contribution in [0.3, 0.4) is 0 Å². The molecule has 0 bridgehead atoms. The normalized spacial score (nSPS) is 11.6. The molecular weight excluding hydrogens is 340 g/mol. The Bertz CT molecular complexity index is 949. The fourth-order valence-corrected chi connectivity index (χ4v) is 2.21. The molecule has 2 aromatic heterocycles. The molecule has 130 valence electrons. The number of nitrogens with zero attached hydrogens (tertiary/aromatic N) is 2. The lowest BCUT2D eigenvalue weighted by atomic mass is 10.2. The molecule has 0 radical (unpaired) electrons. The molecule has 0 aliphatic carbocycles. The molecule has 25 heavy (non-hydrogen) atoms. The summed E-state index contributed by atoms with van der Waals surface area (Å²) in [7, 11) is 0. The van der Waals surface area contributed by atoms with Gasteiger partial charge in [-0.3, -0.25) is 4.79 Å². The Kier molecular flexibility index (Phi) is 4.07. The molecule has 1 aromatic carbocycles. The number of hydrogen-bond donors (Lipinski definition) is 2. The lowest BCUT2D eigenvalue weighted by Crippen LogP contribution is -2.30. The number of halogens is 4. The molecule has 0 aliphatic rings. The number of benzene rings is 1. The fourth-order valence-electron chi connectivity index (χ4n) is 2.21. The predicted molar refractivity (Wildman–Crippen MR) is 84.3 cm³/mol. The summed E-state index contributed by atoms with van der Waals surface area (Å²) in [6, 6.07) is 7.80. The first-order valence-electron chi connectivity index (χ1n) is 7.13. The highest BCUT2D eigenvalue weighted by Crippen LogP contribution is 2.24. The van der Waals surface area contributed by atoms with Crippen LogP contribution in [0.1, 0.15) is 5.56 Å². The molecule has 5 nitrogen and oxygen atoms in total. The van der Waals surface area contributed by atoms with Crippen molar-refractivity contribution in [1.82, 2.24) is 9.38 Å². The van der Waals surface area contributed by atoms with Crippen LogP contribution >= 0.6 is 0 Å². The zero-order valence-electron chi connectivity index (χ0n) is 12.9. The van der Waals surface area contributed by atoms with Gasteiger partial charge in [-0.15, -0.1) is 0 Å². The molecule has 2 N–H and O–H groups in total. The first-order valence-corrected chi connectivity index (χ1v) is 7.13. The Morgan fingerprint density at radius 2 is 1.92 bits per heavy atom. The maximum atomic E-state index is 13.6. The van der Waals surface area contributed by atoms with Crippen molar-refractivity contribution in [1.29, 1.82) is 0 Å². The van der Waals surface area contributed by atoms with Crippen molar-refractivity contribution in [3.05, 3.63) is 54.1 Å². The van der Waals surface area contributed by atoms with Crippen LogP contribution < -0.4 is 10.6 Å². The van der Waals surface area contributed by atoms with Gasteiger partial charge in [-0.2, -0.15) is 13.2 Å². The van der Waals surface area contributed by atoms with Crippen LogP contribution in [0.4, 0.5) is 34.8 Å². The number of nitrogens with one attached hydrogen (secondary N) is 2. The Balaban J connectivity index is 1.85. The number of carbonyl (C=O) groups is 1. The van der Waals surface area contributed by atoms with Crippen molar-refractivity contribution in [3.8, 4) is 0 Å². The molecule has 0 saturated carbocycles. The molecule has 0 atom stereocenters. The van der Waals surface area contributed by atoms with Crippen molar-refractivity contribution in [3.63, 3.8) is 0 Å². The summed E-state index contributed by atoms with van der Waals surface area (Å²) in [5.41, 5.74) is 1.92. The molecule has 3 aromatic rings. The summed E-state index contributed by atoms with van der Waals surface area (Å²) in [5.74, 6) is -2.67. The minimum Gasteiger partial charge on any atom is -0.354 e. The van der Waals surface area contributed by atoms with Crippen LogP contribution in [0.25, 0.3) is 5.65 Å². The molecule has 9 heteroatoms. The second kappa shape index (κ2) is 6.08. The van der Waals surface area contributed by atoms with Gasteiger partial charge in [0.05, 0.1) is 11.9 Å². The Labute approximate surface area is 139 Å². The Hall–Kier alpha value is -3.10. The van der Waals surface area contributed by atoms with E-state index in [2.05, 4.69) is 10.3 Å². The third-order valence-electron chi connectivity index (χ3n) is 3.50. The topological polar surface area (TPSA) is 58.4 Å². The minimum atomic E-state index is -4.99. The second-order valence-electron chi connectivity index (χ2n) is 5.30. The smallest absolute Gasteiger partial charge is 0.354 e. The quantitative estimate of drug-likeness (QED) is 0.700. The van der Waals surface area contributed by atoms with Crippen molar-refractivity contribution >= 4 is 28.7 Å². The maximum Gasteiger partial charge on any atom is 0.471 e. The zero-order chi connectivity index (χ0) is 18.2. The molecule has 0 saturated heterocycles. The number of pyridine rings is 1. The number of anilines is 3. The van der Waals surface area contributed by atoms with E-state index in [1.165, 1.54) is 16.7 Å². The van der Waals surface area contributed by atoms with Gasteiger partial charge in [-0.25, -0.2) is 9.37 Å². The third kappa shape index (κ3) is 3.54. The van der Waals surface area contributed by atoms with E-state index >= 15 is 0 Å². The van der Waals surface area contributed by atoms with E-state index in [0.29, 0.717) is 22.6 Å². The second-order valence-corrected chi connectivity index (χ2v) is 5.30. The number of rotatable bonds is 3. The number of imidazole rings is 1. The monoisotopic (exact) mass is 352 g/mol. The summed E-state index contributed by atoms with van der Waals surface area (Å²) in [4.78, 5) is 14.8. The molecular formula is C16H12F4N4O. The van der Waals surface area contributed by atoms with Gasteiger partial charge in [-0.1, -0.05) is 6.07 Å². The highest BCUT2D eigenvalue weighted by Gasteiger charge is 2.39. The average Bonchev–Trinajstić information content (AvgIpc) is 2.92. The summed E-state index contributed by atoms with van der Waals surface area (Å²) in [6.45, 7) is 1.62. The summed E-state index contributed by atoms with van der Waals surface area (Å²) in [6.07, 6.45) is -2.17. The van der Waals surface area contributed by atoms with E-state index in [1.54, 1.807) is 42.7 Å². The van der Waals surface area contributed by atoms with E-state index in [9.17, 15) is 22.4 Å². The lowest BCUT2D eigenvalue weighted by molar-refractivity contribution is -0.167. The number of aromatic nitrogens is 2. The van der Waals surface area contributed by atoms with Gasteiger partial charge in [0.1, 0.15) is 11.5 Å². The van der Waals surface area contributed by atoms with Crippen LogP contribution in [0.5, 0.6) is 0 Å². The van der Waals surface area contributed by atoms with Gasteiger partial charge in [0.25, 0.3) is 0 Å². The van der Waals surface area contributed by atoms with Crippen molar-refractivity contribution in [2.75, 3.05) is 10.6 Å². The van der Waals surface area contributed by atoms with E-state index in [4.69, 9.17) is 0 Å². The SMILES string of the molecule is Cc1c(F)cccc1Nc1ccc2nc(NC(=O)C(F)(F)F)cn2c1. The van der Waals surface area contributed by atoms with Crippen molar-refractivity contribution in [2.45, 2.75) is 13.1 Å². The van der Waals surface area contributed by atoms with Crippen molar-refractivity contribution in [2.24, 2.45) is 0 Å². The highest BCUT2D eigenvalue weighted by atomic mass is 19.4. The van der Waals surface area contributed by atoms with Gasteiger partial charge < -0.3 is 15.0 Å². The molecule has 0 unspecified atom stereocenters. The zero-order valence-corrected chi connectivity index (χ0v) is 12.9. The van der Waals surface area contributed by atoms with E-state index in [1.807, 2.05) is 0 Å². The Morgan fingerprint density at radius 1 is 1.16 bits per heavy atom. The summed E-state index contributed by atoms with van der Waals surface area (Å²) < 4.78 is 51.9. The molecule has 3 rings (SSSR count). The largest absolute Gasteiger partial charge is 0.471 e. The summed E-state index contributed by atoms with van der Waals surface area (Å²) in [5, 5.41) is 4.71. The predicted octanol–water partition coefficient (Wildman–Crippen LogP) is 4.03. The molecule has 0 aliphatic heterocycles. The first-order chi connectivity index (χ1) is 11.7. The lowest BCUT2D eigenvalue weighted by Gasteiger charge is -2.10. The van der Waals surface area contributed by atoms with Crippen LogP contribution in [-0.4, -0.2) is 21.5 Å². The van der Waals surface area contributed by atoms with Gasteiger partial charge in [0, 0.05) is 17.4 Å². The average molecular weight is 352 g/mol. The van der Waals surface area contributed by atoms with Crippen LogP contribution in [-0.2, 0) is 4.79 Å². The van der Waals surface area contributed by atoms with Crippen molar-refractivity contribution < 1.29 is 22.4 Å². The number of hydrogen-bond acceptors (Lipinski definition) is 3. The van der Waals surface area contributed by atoms with Crippen LogP contribution in [0.2, 0.25) is 0 Å². The van der Waals surface area contributed by atoms with Crippen LogP contribution in [0.15, 0.2) is 42.7 Å². The molecule has 0 fully saturated rings. The van der Waals surface area contributed by atoms with E-state index in [0.717, 1.165) is 0 Å². The molecule has 2 heterocycles. The molecule has 1 amide bonds. The first kappa shape index (κ1) is 16.7.